The van der Waals surface area contributed by atoms with Crippen molar-refractivity contribution >= 4 is 17.4 Å². The molecule has 0 bridgehead atoms. The minimum atomic E-state index is -0.395. The van der Waals surface area contributed by atoms with Gasteiger partial charge in [0.2, 0.25) is 0 Å². The number of hydrogen-bond acceptors (Lipinski definition) is 4. The van der Waals surface area contributed by atoms with E-state index in [-0.39, 0.29) is 11.6 Å². The summed E-state index contributed by atoms with van der Waals surface area (Å²) in [4.78, 5) is 22.5. The minimum absolute atomic E-state index is 0.274. The summed E-state index contributed by atoms with van der Waals surface area (Å²) in [6.07, 6.45) is 3.65. The average Bonchev–Trinajstić information content (AvgIpc) is 3.02. The molecule has 1 aliphatic rings. The van der Waals surface area contributed by atoms with Gasteiger partial charge in [0, 0.05) is 24.8 Å². The van der Waals surface area contributed by atoms with Crippen LogP contribution in [0.4, 0.5) is 15.9 Å². The highest BCUT2D eigenvalue weighted by molar-refractivity contribution is 6.03. The monoisotopic (exact) mass is 286 g/mol. The number of hydrogen-bond donors (Lipinski definition) is 1. The number of carbonyl (C=O) groups is 1. The second-order valence-electron chi connectivity index (χ2n) is 4.92. The van der Waals surface area contributed by atoms with Crippen LogP contribution in [0.2, 0.25) is 0 Å². The number of aromatic nitrogens is 2. The minimum Gasteiger partial charge on any atom is -0.357 e. The van der Waals surface area contributed by atoms with Crippen molar-refractivity contribution in [3.8, 4) is 0 Å². The predicted octanol–water partition coefficient (Wildman–Crippen LogP) is 2.47. The Morgan fingerprint density at radius 1 is 1.19 bits per heavy atom. The van der Waals surface area contributed by atoms with Crippen molar-refractivity contribution in [1.82, 2.24) is 9.97 Å². The highest BCUT2D eigenvalue weighted by Gasteiger charge is 2.16. The summed E-state index contributed by atoms with van der Waals surface area (Å²) in [5, 5.41) is 2.63. The Morgan fingerprint density at radius 2 is 2.00 bits per heavy atom. The summed E-state index contributed by atoms with van der Waals surface area (Å²) in [5.74, 6) is -0.0106. The first-order chi connectivity index (χ1) is 10.2. The molecule has 1 N–H and O–H groups in total. The average molecular weight is 286 g/mol. The third kappa shape index (κ3) is 3.16. The van der Waals surface area contributed by atoms with Crippen LogP contribution in [0.25, 0.3) is 0 Å². The molecule has 0 unspecified atom stereocenters. The van der Waals surface area contributed by atoms with E-state index in [1.54, 1.807) is 18.2 Å². The van der Waals surface area contributed by atoms with Gasteiger partial charge in [-0.05, 0) is 31.0 Å². The van der Waals surface area contributed by atoms with E-state index in [0.717, 1.165) is 31.7 Å². The van der Waals surface area contributed by atoms with Gasteiger partial charge >= 0.3 is 0 Å². The van der Waals surface area contributed by atoms with Crippen molar-refractivity contribution in [2.24, 2.45) is 0 Å². The smallest absolute Gasteiger partial charge is 0.274 e. The quantitative estimate of drug-likeness (QED) is 0.941. The number of carbonyl (C=O) groups excluding carboxylic acids is 1. The molecule has 1 amide bonds. The van der Waals surface area contributed by atoms with Gasteiger partial charge in [0.1, 0.15) is 23.7 Å². The van der Waals surface area contributed by atoms with E-state index >= 15 is 0 Å². The van der Waals surface area contributed by atoms with Gasteiger partial charge in [-0.2, -0.15) is 0 Å². The molecule has 1 fully saturated rings. The van der Waals surface area contributed by atoms with Crippen LogP contribution in [-0.4, -0.2) is 29.0 Å². The zero-order valence-electron chi connectivity index (χ0n) is 11.4. The third-order valence-corrected chi connectivity index (χ3v) is 3.40. The van der Waals surface area contributed by atoms with Crippen LogP contribution in [0.3, 0.4) is 0 Å². The largest absolute Gasteiger partial charge is 0.357 e. The van der Waals surface area contributed by atoms with E-state index in [2.05, 4.69) is 20.2 Å². The van der Waals surface area contributed by atoms with Crippen LogP contribution in [0.15, 0.2) is 36.7 Å². The molecule has 0 atom stereocenters. The lowest BCUT2D eigenvalue weighted by Crippen LogP contribution is -2.21. The van der Waals surface area contributed by atoms with Gasteiger partial charge < -0.3 is 10.2 Å². The second-order valence-corrected chi connectivity index (χ2v) is 4.92. The standard InChI is InChI=1S/C15H15FN4O/c16-11-4-3-5-12(8-11)19-15(21)13-9-14(18-10-17-13)20-6-1-2-7-20/h3-5,8-10H,1-2,6-7H2,(H,19,21). The molecule has 0 radical (unpaired) electrons. The summed E-state index contributed by atoms with van der Waals surface area (Å²) in [6.45, 7) is 1.89. The Morgan fingerprint density at radius 3 is 2.76 bits per heavy atom. The van der Waals surface area contributed by atoms with Gasteiger partial charge in [-0.1, -0.05) is 6.07 Å². The highest BCUT2D eigenvalue weighted by Crippen LogP contribution is 2.18. The molecule has 6 heteroatoms. The fourth-order valence-corrected chi connectivity index (χ4v) is 2.35. The van der Waals surface area contributed by atoms with Gasteiger partial charge in [0.15, 0.2) is 0 Å². The van der Waals surface area contributed by atoms with E-state index < -0.39 is 5.82 Å². The number of benzene rings is 1. The van der Waals surface area contributed by atoms with Crippen LogP contribution in [0.5, 0.6) is 0 Å². The molecule has 1 aromatic heterocycles. The van der Waals surface area contributed by atoms with E-state index in [0.29, 0.717) is 5.69 Å². The van der Waals surface area contributed by atoms with Gasteiger partial charge in [0.05, 0.1) is 0 Å². The molecule has 0 aliphatic carbocycles. The lowest BCUT2D eigenvalue weighted by Gasteiger charge is -2.16. The van der Waals surface area contributed by atoms with Crippen molar-refractivity contribution in [3.63, 3.8) is 0 Å². The number of anilines is 2. The number of rotatable bonds is 3. The summed E-state index contributed by atoms with van der Waals surface area (Å²) >= 11 is 0. The third-order valence-electron chi connectivity index (χ3n) is 3.40. The van der Waals surface area contributed by atoms with Gasteiger partial charge in [-0.15, -0.1) is 0 Å². The molecule has 3 rings (SSSR count). The van der Waals surface area contributed by atoms with Gasteiger partial charge in [0.25, 0.3) is 5.91 Å². The molecule has 1 aromatic carbocycles. The fourth-order valence-electron chi connectivity index (χ4n) is 2.35. The lowest BCUT2D eigenvalue weighted by atomic mass is 10.3. The maximum atomic E-state index is 13.1. The molecule has 1 saturated heterocycles. The number of halogens is 1. The van der Waals surface area contributed by atoms with Gasteiger partial charge in [-0.25, -0.2) is 14.4 Å². The summed E-state index contributed by atoms with van der Waals surface area (Å²) in [6, 6.07) is 7.43. The first-order valence-corrected chi connectivity index (χ1v) is 6.86. The molecule has 1 aliphatic heterocycles. The molecule has 0 spiro atoms. The van der Waals surface area contributed by atoms with Crippen molar-refractivity contribution in [2.75, 3.05) is 23.3 Å². The molecule has 108 valence electrons. The molecule has 21 heavy (non-hydrogen) atoms. The maximum absolute atomic E-state index is 13.1. The predicted molar refractivity (Wildman–Crippen MR) is 77.8 cm³/mol. The van der Waals surface area contributed by atoms with Crippen LogP contribution >= 0.6 is 0 Å². The fraction of sp³-hybridized carbons (Fsp3) is 0.267. The van der Waals surface area contributed by atoms with Crippen molar-refractivity contribution in [3.05, 3.63) is 48.2 Å². The lowest BCUT2D eigenvalue weighted by molar-refractivity contribution is 0.102. The molecule has 0 saturated carbocycles. The first-order valence-electron chi connectivity index (χ1n) is 6.86. The number of nitrogens with zero attached hydrogens (tertiary/aromatic N) is 3. The number of amides is 1. The van der Waals surface area contributed by atoms with E-state index in [4.69, 9.17) is 0 Å². The zero-order chi connectivity index (χ0) is 14.7. The van der Waals surface area contributed by atoms with Gasteiger partial charge in [-0.3, -0.25) is 4.79 Å². The topological polar surface area (TPSA) is 58.1 Å². The van der Waals surface area contributed by atoms with Crippen LogP contribution < -0.4 is 10.2 Å². The number of nitrogens with one attached hydrogen (secondary N) is 1. The summed E-state index contributed by atoms with van der Waals surface area (Å²) < 4.78 is 13.1. The first kappa shape index (κ1) is 13.5. The maximum Gasteiger partial charge on any atom is 0.274 e. The SMILES string of the molecule is O=C(Nc1cccc(F)c1)c1cc(N2CCCC2)ncn1. The highest BCUT2D eigenvalue weighted by atomic mass is 19.1. The second kappa shape index (κ2) is 5.87. The Kier molecular flexibility index (Phi) is 3.77. The van der Waals surface area contributed by atoms with E-state index in [9.17, 15) is 9.18 Å². The van der Waals surface area contributed by atoms with Crippen molar-refractivity contribution < 1.29 is 9.18 Å². The molecular weight excluding hydrogens is 271 g/mol. The Labute approximate surface area is 121 Å². The molecular formula is C15H15FN4O. The van der Waals surface area contributed by atoms with E-state index in [1.165, 1.54) is 18.5 Å². The zero-order valence-corrected chi connectivity index (χ0v) is 11.4. The normalized spacial score (nSPS) is 14.2. The van der Waals surface area contributed by atoms with E-state index in [1.807, 2.05) is 0 Å². The van der Waals surface area contributed by atoms with Crippen molar-refractivity contribution in [2.45, 2.75) is 12.8 Å². The Bertz CT molecular complexity index is 656. The molecule has 2 aromatic rings. The summed E-state index contributed by atoms with van der Waals surface area (Å²) in [5.41, 5.74) is 0.678. The molecule has 5 nitrogen and oxygen atoms in total. The summed E-state index contributed by atoms with van der Waals surface area (Å²) in [7, 11) is 0. The van der Waals surface area contributed by atoms with Crippen molar-refractivity contribution in [1.29, 1.82) is 0 Å². The van der Waals surface area contributed by atoms with Crippen LogP contribution in [0.1, 0.15) is 23.3 Å². The molecule has 2 heterocycles. The Balaban J connectivity index is 1.76. The van der Waals surface area contributed by atoms with Crippen LogP contribution in [0, 0.1) is 5.82 Å². The van der Waals surface area contributed by atoms with Crippen LogP contribution in [-0.2, 0) is 0 Å². The Hall–Kier alpha value is -2.50.